The molecule has 6 aromatic carbocycles. The van der Waals surface area contributed by atoms with Crippen LogP contribution >= 0.6 is 68.8 Å². The zero-order valence-corrected chi connectivity index (χ0v) is 69.2. The van der Waals surface area contributed by atoms with Gasteiger partial charge in [-0.2, -0.15) is 17.5 Å². The molecule has 22 heteroatoms. The number of fused-ring (bicyclic) bond motifs is 2. The zero-order valence-electron chi connectivity index (χ0n) is 64.3. The van der Waals surface area contributed by atoms with Crippen molar-refractivity contribution in [3.63, 3.8) is 0 Å². The minimum absolute atomic E-state index is 0.0383. The third kappa shape index (κ3) is 19.5. The number of nitrogens with two attached hydrogens (primary N) is 2. The van der Waals surface area contributed by atoms with E-state index in [1.807, 2.05) is 48.5 Å². The maximum atomic E-state index is 15.6. The average molecular weight is 1600 g/mol. The molecule has 110 heavy (non-hydrogen) atoms. The first-order valence-electron chi connectivity index (χ1n) is 39.3. The normalized spacial score (nSPS) is 12.8. The van der Waals surface area contributed by atoms with E-state index >= 15 is 17.6 Å². The number of aromatic nitrogens is 4. The van der Waals surface area contributed by atoms with Crippen LogP contribution in [0.5, 0.6) is 0 Å². The second-order valence-electron chi connectivity index (χ2n) is 29.2. The van der Waals surface area contributed by atoms with Crippen LogP contribution in [-0.4, -0.2) is 27.3 Å². The summed E-state index contributed by atoms with van der Waals surface area (Å²) in [6.07, 6.45) is 26.4. The first kappa shape index (κ1) is 82.8. The summed E-state index contributed by atoms with van der Waals surface area (Å²) in [6.45, 7) is 17.7. The van der Waals surface area contributed by atoms with Crippen LogP contribution in [0.4, 0.5) is 40.3 Å². The lowest BCUT2D eigenvalue weighted by molar-refractivity contribution is -0.421. The van der Waals surface area contributed by atoms with Crippen LogP contribution < -0.4 is 11.5 Å². The number of nitro groups is 2. The van der Waals surface area contributed by atoms with Crippen molar-refractivity contribution < 1.29 is 27.4 Å². The lowest BCUT2D eigenvalue weighted by atomic mass is 9.92. The lowest BCUT2D eigenvalue weighted by Crippen LogP contribution is -2.02. The van der Waals surface area contributed by atoms with Gasteiger partial charge in [0.05, 0.1) is 44.7 Å². The molecule has 6 aromatic heterocycles. The first-order valence-corrected chi connectivity index (χ1v) is 44.1. The summed E-state index contributed by atoms with van der Waals surface area (Å²) in [5, 5.41) is 25.7. The van der Waals surface area contributed by atoms with Crippen LogP contribution in [0.3, 0.4) is 0 Å². The molecule has 6 heterocycles. The highest BCUT2D eigenvalue weighted by atomic mass is 32.1. The van der Waals surface area contributed by atoms with E-state index in [2.05, 4.69) is 85.0 Å². The number of benzene rings is 6. The summed E-state index contributed by atoms with van der Waals surface area (Å²) >= 11 is 7.05. The van der Waals surface area contributed by atoms with Crippen LogP contribution in [0.2, 0.25) is 0 Å². The van der Waals surface area contributed by atoms with E-state index in [4.69, 9.17) is 11.5 Å². The second kappa shape index (κ2) is 39.4. The number of thiophene rings is 4. The van der Waals surface area contributed by atoms with Gasteiger partial charge in [0.2, 0.25) is 0 Å². The minimum atomic E-state index is -0.757. The molecule has 12 nitrogen and oxygen atoms in total. The van der Waals surface area contributed by atoms with Gasteiger partial charge in [-0.1, -0.05) is 207 Å². The van der Waals surface area contributed by atoms with Gasteiger partial charge in [0, 0.05) is 72.4 Å². The molecule has 4 unspecified atom stereocenters. The molecule has 0 aliphatic rings. The Labute approximate surface area is 668 Å². The Balaban J connectivity index is 0.000000219. The Morgan fingerprint density at radius 3 is 0.782 bits per heavy atom. The second-order valence-corrected chi connectivity index (χ2v) is 34.6. The van der Waals surface area contributed by atoms with Crippen molar-refractivity contribution in [2.75, 3.05) is 11.5 Å². The van der Waals surface area contributed by atoms with Crippen LogP contribution in [0, 0.1) is 67.2 Å². The van der Waals surface area contributed by atoms with Crippen molar-refractivity contribution in [1.82, 2.24) is 17.5 Å². The van der Waals surface area contributed by atoms with Gasteiger partial charge >= 0.3 is 11.4 Å². The number of nitrogens with zero attached hydrogens (tertiary/aromatic N) is 6. The van der Waals surface area contributed by atoms with Crippen molar-refractivity contribution in [2.24, 2.45) is 23.7 Å². The highest BCUT2D eigenvalue weighted by Crippen LogP contribution is 2.54. The summed E-state index contributed by atoms with van der Waals surface area (Å²) in [6, 6.07) is 36.1. The number of rotatable bonds is 38. The number of hydrogen-bond acceptors (Lipinski definition) is 16. The minimum Gasteiger partial charge on any atom is -0.396 e. The van der Waals surface area contributed by atoms with Crippen LogP contribution in [0.25, 0.3) is 106 Å². The summed E-state index contributed by atoms with van der Waals surface area (Å²) in [5.74, 6) is 1.34. The molecule has 580 valence electrons. The number of aryl methyl sites for hydroxylation is 4. The highest BCUT2D eigenvalue weighted by molar-refractivity contribution is 7.20. The molecule has 0 fully saturated rings. The standard InChI is InChI=1S/C44H48F2N4O4S3.C44H52F2N4S3/c1-5-9-11-27(7-3)13-15-29-17-19-31(33(45)25-29)35-21-23-37(55-35)39-41-42(48-57-47-41)40(44(50(53)54)43(39)49(51)52)38-24-22-36(56-38)32-20-18-30(26-34(32)46)16-14-28(8-4)12-10-6-2;1-5-9-11-27(7-3)13-15-29-17-19-31(33(45)25-29)35-21-23-37(51-35)39-41(47)42(48)40(44-43(39)49-53-50-44)38-24-22-36(52-38)32-20-18-30(26-34(32)46)16-14-28(8-4)12-10-6-2/h17-28H,5-16H2,1-4H3;17-28H,5-16,47-48H2,1-4H3. The number of anilines is 2. The molecule has 4 N–H and O–H groups in total. The maximum absolute atomic E-state index is 15.6. The van der Waals surface area contributed by atoms with Crippen molar-refractivity contribution in [1.29, 1.82) is 0 Å². The van der Waals surface area contributed by atoms with Gasteiger partial charge in [0.1, 0.15) is 56.5 Å². The molecule has 12 rings (SSSR count). The Morgan fingerprint density at radius 2 is 0.564 bits per heavy atom. The summed E-state index contributed by atoms with van der Waals surface area (Å²) < 4.78 is 80.5. The van der Waals surface area contributed by atoms with Crippen LogP contribution in [-0.2, 0) is 25.7 Å². The number of hydrogen-bond donors (Lipinski definition) is 2. The monoisotopic (exact) mass is 1600 g/mol. The summed E-state index contributed by atoms with van der Waals surface area (Å²) in [5.41, 5.74) is 21.7. The van der Waals surface area contributed by atoms with Gasteiger partial charge in [-0.15, -0.1) is 45.3 Å². The highest BCUT2D eigenvalue weighted by Gasteiger charge is 2.40. The Morgan fingerprint density at radius 1 is 0.336 bits per heavy atom. The Bertz CT molecular complexity index is 4810. The summed E-state index contributed by atoms with van der Waals surface area (Å²) in [7, 11) is 0. The van der Waals surface area contributed by atoms with E-state index in [-0.39, 0.29) is 33.8 Å². The maximum Gasteiger partial charge on any atom is 0.357 e. The number of nitro benzene ring substituents is 2. The SMILES string of the molecule is CCCCC(CC)CCc1ccc(-c2ccc(-c3c(N)c(N)c(-c4ccc(-c5ccc(CCC(CC)CCCC)cc5F)s4)c4nsnc34)s2)c(F)c1.CCCCC(CC)CCc1ccc(-c2ccc(-c3c([N+](=O)[O-])c([N+](=O)[O-])c(-c4ccc(-c5ccc(CCC(CC)CCCC)cc5F)s4)c4nsnc34)s2)c(F)c1. The summed E-state index contributed by atoms with van der Waals surface area (Å²) in [4.78, 5) is 29.2. The van der Waals surface area contributed by atoms with E-state index in [1.54, 1.807) is 60.7 Å². The molecule has 0 aliphatic heterocycles. The number of unbranched alkanes of at least 4 members (excludes halogenated alkanes) is 4. The van der Waals surface area contributed by atoms with E-state index < -0.39 is 32.9 Å². The largest absolute Gasteiger partial charge is 0.396 e. The lowest BCUT2D eigenvalue weighted by Gasteiger charge is -2.14. The molecule has 0 amide bonds. The number of nitrogen functional groups attached to an aromatic ring is 2. The van der Waals surface area contributed by atoms with Crippen molar-refractivity contribution in [2.45, 2.75) is 209 Å². The predicted octanol–water partition coefficient (Wildman–Crippen LogP) is 29.1. The third-order valence-corrected chi connectivity index (χ3v) is 27.6. The predicted molar refractivity (Wildman–Crippen MR) is 458 cm³/mol. The van der Waals surface area contributed by atoms with Crippen molar-refractivity contribution in [3.05, 3.63) is 187 Å². The zero-order chi connectivity index (χ0) is 78.1. The molecule has 0 bridgehead atoms. The van der Waals surface area contributed by atoms with E-state index in [0.29, 0.717) is 99.0 Å². The first-order chi connectivity index (χ1) is 53.3. The quantitative estimate of drug-likeness (QED) is 0.0163. The topological polar surface area (TPSA) is 190 Å². The van der Waals surface area contributed by atoms with Gasteiger partial charge < -0.3 is 11.5 Å². The van der Waals surface area contributed by atoms with Gasteiger partial charge in [-0.25, -0.2) is 17.6 Å². The molecular weight excluding hydrogens is 1500 g/mol. The fraction of sp³-hybridized carbons (Fsp3) is 0.409. The van der Waals surface area contributed by atoms with Crippen LogP contribution in [0.15, 0.2) is 121 Å². The fourth-order valence-electron chi connectivity index (χ4n) is 15.1. The third-order valence-electron chi connectivity index (χ3n) is 22.0. The van der Waals surface area contributed by atoms with E-state index in [0.717, 1.165) is 178 Å². The van der Waals surface area contributed by atoms with Gasteiger partial charge in [0.15, 0.2) is 0 Å². The molecule has 0 spiro atoms. The molecule has 4 atom stereocenters. The van der Waals surface area contributed by atoms with Crippen molar-refractivity contribution >= 4 is 114 Å². The van der Waals surface area contributed by atoms with Gasteiger partial charge in [-0.05, 0) is 170 Å². The fourth-order valence-corrected chi connectivity index (χ4v) is 20.6. The Kier molecular flexibility index (Phi) is 29.6. The molecular formula is C88H100F4N8O4S6. The van der Waals surface area contributed by atoms with Gasteiger partial charge in [-0.3, -0.25) is 20.2 Å². The molecule has 12 aromatic rings. The van der Waals surface area contributed by atoms with Crippen molar-refractivity contribution in [3.8, 4) is 83.5 Å². The molecule has 0 saturated heterocycles. The smallest absolute Gasteiger partial charge is 0.357 e. The number of halogens is 4. The molecule has 0 aliphatic carbocycles. The van der Waals surface area contributed by atoms with E-state index in [1.165, 1.54) is 86.9 Å². The van der Waals surface area contributed by atoms with E-state index in [9.17, 15) is 20.2 Å². The Hall–Kier alpha value is -8.12. The average Bonchev–Trinajstić information content (AvgIpc) is 1.53. The molecule has 0 saturated carbocycles. The van der Waals surface area contributed by atoms with Crippen LogP contribution in [0.1, 0.15) is 206 Å². The van der Waals surface area contributed by atoms with Gasteiger partial charge in [0.25, 0.3) is 0 Å². The molecule has 0 radical (unpaired) electrons.